The van der Waals surface area contributed by atoms with Crippen LogP contribution in [0.1, 0.15) is 18.1 Å². The number of fused-ring (bicyclic) bond motifs is 1. The Balaban J connectivity index is 0.000000816. The highest BCUT2D eigenvalue weighted by atomic mass is 16.5. The Morgan fingerprint density at radius 1 is 1.11 bits per heavy atom. The monoisotopic (exact) mass is 598 g/mol. The summed E-state index contributed by atoms with van der Waals surface area (Å²) in [4.78, 5) is 19.8. The summed E-state index contributed by atoms with van der Waals surface area (Å²) in [5.74, 6) is 1.53. The highest BCUT2D eigenvalue weighted by Gasteiger charge is 2.12. The van der Waals surface area contributed by atoms with Gasteiger partial charge in [0.25, 0.3) is 0 Å². The minimum absolute atomic E-state index is 0.624. The van der Waals surface area contributed by atoms with Crippen molar-refractivity contribution in [3.05, 3.63) is 78.5 Å². The van der Waals surface area contributed by atoms with Crippen LogP contribution in [-0.2, 0) is 16.0 Å². The SMILES string of the molecule is C#C.CCOC.CN=C/C(=C\N)c1ccc(CNc2cc(-c3cnc4cc(OCCN5CCOCC5)ccn34)ncn2)cc1. The standard InChI is InChI=1S/C28H32N8O2.C3H8O.C2H2/c1-30-18-23(16-29)22-4-2-21(3-5-22)17-31-27-15-25(33-20-34-27)26-19-32-28-14-24(6-7-36(26)28)38-13-10-35-8-11-37-12-9-35;1-3-4-2;1-2/h2-7,14-16,18-20H,8-13,17,29H2,1H3,(H,31,33,34);3H2,1-2H3;1-2H/b23-16+,30-18?;;. The van der Waals surface area contributed by atoms with Crippen molar-refractivity contribution in [2.45, 2.75) is 13.5 Å². The van der Waals surface area contributed by atoms with E-state index in [1.807, 2.05) is 54.0 Å². The molecule has 0 atom stereocenters. The van der Waals surface area contributed by atoms with Gasteiger partial charge in [0.05, 0.1) is 30.8 Å². The number of nitrogens with zero attached hydrogens (tertiary/aromatic N) is 6. The van der Waals surface area contributed by atoms with Crippen molar-refractivity contribution < 1.29 is 14.2 Å². The van der Waals surface area contributed by atoms with Crippen LogP contribution in [0.15, 0.2) is 72.4 Å². The number of nitrogens with two attached hydrogens (primary N) is 1. The zero-order chi connectivity index (χ0) is 31.6. The Hall–Kier alpha value is -4.76. The van der Waals surface area contributed by atoms with Gasteiger partial charge in [-0.05, 0) is 24.1 Å². The van der Waals surface area contributed by atoms with Crippen molar-refractivity contribution in [2.75, 3.05) is 65.5 Å². The molecule has 0 saturated carbocycles. The van der Waals surface area contributed by atoms with Gasteiger partial charge in [-0.1, -0.05) is 24.3 Å². The fourth-order valence-electron chi connectivity index (χ4n) is 4.31. The Labute approximate surface area is 259 Å². The predicted octanol–water partition coefficient (Wildman–Crippen LogP) is 4.02. The summed E-state index contributed by atoms with van der Waals surface area (Å²) in [6.45, 7) is 8.41. The van der Waals surface area contributed by atoms with E-state index >= 15 is 0 Å². The molecule has 11 heteroatoms. The van der Waals surface area contributed by atoms with E-state index in [0.717, 1.165) is 84.8 Å². The van der Waals surface area contributed by atoms with Crippen LogP contribution in [0.25, 0.3) is 22.6 Å². The van der Waals surface area contributed by atoms with Gasteiger partial charge >= 0.3 is 0 Å². The van der Waals surface area contributed by atoms with E-state index < -0.39 is 0 Å². The molecular formula is C33H42N8O3. The van der Waals surface area contributed by atoms with Crippen molar-refractivity contribution in [1.82, 2.24) is 24.3 Å². The summed E-state index contributed by atoms with van der Waals surface area (Å²) in [6, 6.07) is 14.0. The molecular weight excluding hydrogens is 556 g/mol. The Morgan fingerprint density at radius 3 is 2.55 bits per heavy atom. The van der Waals surface area contributed by atoms with Crippen molar-refractivity contribution in [1.29, 1.82) is 0 Å². The molecule has 1 aliphatic heterocycles. The van der Waals surface area contributed by atoms with Gasteiger partial charge in [0.2, 0.25) is 0 Å². The summed E-state index contributed by atoms with van der Waals surface area (Å²) in [5.41, 5.74) is 11.2. The second-order valence-corrected chi connectivity index (χ2v) is 9.46. The summed E-state index contributed by atoms with van der Waals surface area (Å²) in [7, 11) is 3.41. The Morgan fingerprint density at radius 2 is 1.86 bits per heavy atom. The first-order valence-electron chi connectivity index (χ1n) is 14.4. The van der Waals surface area contributed by atoms with Crippen LogP contribution in [0, 0.1) is 12.8 Å². The Bertz CT molecular complexity index is 1490. The number of pyridine rings is 1. The minimum Gasteiger partial charge on any atom is -0.492 e. The molecule has 0 amide bonds. The van der Waals surface area contributed by atoms with E-state index in [4.69, 9.17) is 15.2 Å². The van der Waals surface area contributed by atoms with Crippen molar-refractivity contribution in [3.63, 3.8) is 0 Å². The van der Waals surface area contributed by atoms with Crippen LogP contribution in [0.3, 0.4) is 0 Å². The number of allylic oxidation sites excluding steroid dienone is 1. The lowest BCUT2D eigenvalue weighted by molar-refractivity contribution is 0.0322. The van der Waals surface area contributed by atoms with Crippen LogP contribution < -0.4 is 15.8 Å². The first-order chi connectivity index (χ1) is 21.6. The molecule has 5 rings (SSSR count). The number of benzene rings is 1. The number of terminal acetylenes is 1. The summed E-state index contributed by atoms with van der Waals surface area (Å²) >= 11 is 0. The van der Waals surface area contributed by atoms with Gasteiger partial charge in [-0.3, -0.25) is 14.3 Å². The molecule has 0 aliphatic carbocycles. The number of aliphatic imine (C=N–C) groups is 1. The second kappa shape index (κ2) is 18.7. The fraction of sp³-hybridized carbons (Fsp3) is 0.333. The van der Waals surface area contributed by atoms with Crippen molar-refractivity contribution in [3.8, 4) is 30.0 Å². The third kappa shape index (κ3) is 9.91. The van der Waals surface area contributed by atoms with Crippen molar-refractivity contribution >= 4 is 23.3 Å². The first kappa shape index (κ1) is 33.7. The molecule has 0 bridgehead atoms. The second-order valence-electron chi connectivity index (χ2n) is 9.46. The number of hydrogen-bond acceptors (Lipinski definition) is 10. The number of anilines is 1. The molecule has 44 heavy (non-hydrogen) atoms. The van der Waals surface area contributed by atoms with E-state index in [1.165, 1.54) is 0 Å². The highest BCUT2D eigenvalue weighted by Crippen LogP contribution is 2.23. The number of nitrogens with one attached hydrogen (secondary N) is 1. The third-order valence-corrected chi connectivity index (χ3v) is 6.69. The zero-order valence-corrected chi connectivity index (χ0v) is 25.7. The van der Waals surface area contributed by atoms with E-state index in [1.54, 1.807) is 32.9 Å². The molecule has 4 aromatic rings. The number of aromatic nitrogens is 4. The largest absolute Gasteiger partial charge is 0.492 e. The summed E-state index contributed by atoms with van der Waals surface area (Å²) < 4.78 is 17.9. The number of morpholine rings is 1. The average Bonchev–Trinajstić information content (AvgIpc) is 3.52. The van der Waals surface area contributed by atoms with E-state index in [0.29, 0.717) is 13.2 Å². The maximum Gasteiger partial charge on any atom is 0.140 e. The lowest BCUT2D eigenvalue weighted by Gasteiger charge is -2.26. The summed E-state index contributed by atoms with van der Waals surface area (Å²) in [5, 5.41) is 3.38. The molecule has 1 saturated heterocycles. The molecule has 1 aliphatic rings. The van der Waals surface area contributed by atoms with Crippen LogP contribution in [0.4, 0.5) is 5.82 Å². The fourth-order valence-corrected chi connectivity index (χ4v) is 4.31. The van der Waals surface area contributed by atoms with Gasteiger partial charge < -0.3 is 25.3 Å². The van der Waals surface area contributed by atoms with Gasteiger partial charge in [-0.25, -0.2) is 15.0 Å². The lowest BCUT2D eigenvalue weighted by Crippen LogP contribution is -2.38. The number of methoxy groups -OCH3 is 1. The Kier molecular flexibility index (Phi) is 14.3. The van der Waals surface area contributed by atoms with Crippen LogP contribution in [0.5, 0.6) is 5.75 Å². The average molecular weight is 599 g/mol. The number of ether oxygens (including phenoxy) is 3. The van der Waals surface area contributed by atoms with Gasteiger partial charge in [0, 0.05) is 83.3 Å². The van der Waals surface area contributed by atoms with E-state index in [-0.39, 0.29) is 0 Å². The highest BCUT2D eigenvalue weighted by molar-refractivity contribution is 6.09. The van der Waals surface area contributed by atoms with Crippen LogP contribution in [0.2, 0.25) is 0 Å². The topological polar surface area (TPSA) is 124 Å². The zero-order valence-electron chi connectivity index (χ0n) is 25.7. The molecule has 0 radical (unpaired) electrons. The predicted molar refractivity (Wildman–Crippen MR) is 177 cm³/mol. The molecule has 0 spiro atoms. The minimum atomic E-state index is 0.624. The molecule has 1 aromatic carbocycles. The van der Waals surface area contributed by atoms with E-state index in [9.17, 15) is 0 Å². The number of rotatable bonds is 11. The van der Waals surface area contributed by atoms with E-state index in [2.05, 4.69) is 59.9 Å². The van der Waals surface area contributed by atoms with Gasteiger partial charge in [-0.2, -0.15) is 0 Å². The van der Waals surface area contributed by atoms with Gasteiger partial charge in [0.1, 0.15) is 30.1 Å². The molecule has 3 aromatic heterocycles. The summed E-state index contributed by atoms with van der Waals surface area (Å²) in [6.07, 6.45) is 16.6. The molecule has 11 nitrogen and oxygen atoms in total. The van der Waals surface area contributed by atoms with Gasteiger partial charge in [-0.15, -0.1) is 12.8 Å². The maximum absolute atomic E-state index is 5.98. The maximum atomic E-state index is 5.98. The molecule has 1 fully saturated rings. The molecule has 3 N–H and O–H groups in total. The van der Waals surface area contributed by atoms with Crippen LogP contribution >= 0.6 is 0 Å². The smallest absolute Gasteiger partial charge is 0.140 e. The molecule has 4 heterocycles. The number of hydrogen-bond donors (Lipinski definition) is 2. The quantitative estimate of drug-likeness (QED) is 0.195. The van der Waals surface area contributed by atoms with Gasteiger partial charge in [0.15, 0.2) is 0 Å². The molecule has 0 unspecified atom stereocenters. The lowest BCUT2D eigenvalue weighted by atomic mass is 10.1. The third-order valence-electron chi connectivity index (χ3n) is 6.69. The normalized spacial score (nSPS) is 13.5. The molecule has 232 valence electrons. The first-order valence-corrected chi connectivity index (χ1v) is 14.4. The van der Waals surface area contributed by atoms with Crippen LogP contribution in [-0.4, -0.2) is 90.7 Å². The number of imidazole rings is 1. The van der Waals surface area contributed by atoms with Crippen molar-refractivity contribution in [2.24, 2.45) is 10.7 Å².